The summed E-state index contributed by atoms with van der Waals surface area (Å²) in [6.45, 7) is 5.81. The van der Waals surface area contributed by atoms with Gasteiger partial charge in [0.1, 0.15) is 5.65 Å². The number of anilines is 1. The van der Waals surface area contributed by atoms with Gasteiger partial charge in [-0.1, -0.05) is 0 Å². The molecule has 118 valence electrons. The Bertz CT molecular complexity index is 837. The minimum atomic E-state index is -0.215. The van der Waals surface area contributed by atoms with Crippen molar-refractivity contribution in [2.45, 2.75) is 26.9 Å². The Hall–Kier alpha value is -2.89. The van der Waals surface area contributed by atoms with Crippen molar-refractivity contribution in [3.63, 3.8) is 0 Å². The van der Waals surface area contributed by atoms with E-state index in [1.165, 1.54) is 6.20 Å². The second-order valence-electron chi connectivity index (χ2n) is 5.58. The summed E-state index contributed by atoms with van der Waals surface area (Å²) in [5.41, 5.74) is 3.05. The fourth-order valence-electron chi connectivity index (χ4n) is 2.31. The van der Waals surface area contributed by atoms with Crippen LogP contribution in [0.25, 0.3) is 5.65 Å². The van der Waals surface area contributed by atoms with Gasteiger partial charge in [-0.3, -0.25) is 4.79 Å². The molecule has 0 aliphatic carbocycles. The molecule has 3 aromatic rings. The number of hydrogen-bond acceptors (Lipinski definition) is 4. The molecule has 0 aliphatic rings. The third-order valence-electron chi connectivity index (χ3n) is 3.28. The Balaban J connectivity index is 1.77. The topological polar surface area (TPSA) is 68.5 Å². The number of imidazole rings is 1. The van der Waals surface area contributed by atoms with E-state index >= 15 is 0 Å². The minimum absolute atomic E-state index is 0.0482. The van der Waals surface area contributed by atoms with Gasteiger partial charge < -0.3 is 14.5 Å². The van der Waals surface area contributed by atoms with Gasteiger partial charge in [0, 0.05) is 30.9 Å². The summed E-state index contributed by atoms with van der Waals surface area (Å²) in [5.74, 6) is 0.291. The third-order valence-corrected chi connectivity index (χ3v) is 3.28. The van der Waals surface area contributed by atoms with Crippen molar-refractivity contribution in [3.8, 4) is 5.88 Å². The Morgan fingerprint density at radius 3 is 2.83 bits per heavy atom. The molecule has 3 heterocycles. The highest BCUT2D eigenvalue weighted by atomic mass is 16.5. The van der Waals surface area contributed by atoms with Crippen molar-refractivity contribution in [3.05, 3.63) is 54.1 Å². The quantitative estimate of drug-likeness (QED) is 0.804. The summed E-state index contributed by atoms with van der Waals surface area (Å²) < 4.78 is 7.35. The molecular weight excluding hydrogens is 292 g/mol. The van der Waals surface area contributed by atoms with Gasteiger partial charge in [0.05, 0.1) is 17.4 Å². The smallest absolute Gasteiger partial charge is 0.257 e. The minimum Gasteiger partial charge on any atom is -0.475 e. The monoisotopic (exact) mass is 310 g/mol. The second-order valence-corrected chi connectivity index (χ2v) is 5.58. The van der Waals surface area contributed by atoms with Crippen LogP contribution < -0.4 is 10.1 Å². The molecule has 23 heavy (non-hydrogen) atoms. The highest BCUT2D eigenvalue weighted by Crippen LogP contribution is 2.16. The van der Waals surface area contributed by atoms with Crippen molar-refractivity contribution in [2.75, 3.05) is 5.32 Å². The van der Waals surface area contributed by atoms with E-state index in [4.69, 9.17) is 4.74 Å². The maximum atomic E-state index is 12.3. The summed E-state index contributed by atoms with van der Waals surface area (Å²) in [6.07, 6.45) is 6.96. The maximum absolute atomic E-state index is 12.3. The zero-order valence-electron chi connectivity index (χ0n) is 13.3. The molecule has 0 saturated heterocycles. The standard InChI is InChI=1S/C17H18N4O2/c1-11(2)23-15-5-4-13(9-19-15)17(22)20-14-8-12(3)16-18-6-7-21(16)10-14/h4-11H,1-3H3,(H,20,22). The number of pyridine rings is 2. The molecule has 1 amide bonds. The molecule has 0 atom stereocenters. The number of rotatable bonds is 4. The van der Waals surface area contributed by atoms with Gasteiger partial charge in [-0.2, -0.15) is 0 Å². The van der Waals surface area contributed by atoms with Crippen molar-refractivity contribution in [1.82, 2.24) is 14.4 Å². The third kappa shape index (κ3) is 3.31. The number of hydrogen-bond donors (Lipinski definition) is 1. The fourth-order valence-corrected chi connectivity index (χ4v) is 2.31. The largest absolute Gasteiger partial charge is 0.475 e. The molecule has 6 heteroatoms. The Morgan fingerprint density at radius 1 is 1.30 bits per heavy atom. The average molecular weight is 310 g/mol. The van der Waals surface area contributed by atoms with Crippen LogP contribution in [0.5, 0.6) is 5.88 Å². The highest BCUT2D eigenvalue weighted by molar-refractivity contribution is 6.04. The van der Waals surface area contributed by atoms with E-state index in [1.54, 1.807) is 18.3 Å². The Morgan fingerprint density at radius 2 is 2.13 bits per heavy atom. The van der Waals surface area contributed by atoms with Crippen molar-refractivity contribution in [2.24, 2.45) is 0 Å². The van der Waals surface area contributed by atoms with Crippen LogP contribution in [-0.4, -0.2) is 26.4 Å². The van der Waals surface area contributed by atoms with Crippen LogP contribution in [0.3, 0.4) is 0 Å². The van der Waals surface area contributed by atoms with E-state index in [9.17, 15) is 4.79 Å². The van der Waals surface area contributed by atoms with Crippen LogP contribution in [0.1, 0.15) is 29.8 Å². The SMILES string of the molecule is Cc1cc(NC(=O)c2ccc(OC(C)C)nc2)cn2ccnc12. The lowest BCUT2D eigenvalue weighted by molar-refractivity contribution is 0.102. The van der Waals surface area contributed by atoms with Gasteiger partial charge in [0.15, 0.2) is 0 Å². The van der Waals surface area contributed by atoms with Crippen LogP contribution in [0, 0.1) is 6.92 Å². The molecule has 0 spiro atoms. The molecule has 3 aromatic heterocycles. The Kier molecular flexibility index (Phi) is 3.97. The first kappa shape index (κ1) is 15.0. The number of carbonyl (C=O) groups excluding carboxylic acids is 1. The number of carbonyl (C=O) groups is 1. The first-order valence-corrected chi connectivity index (χ1v) is 7.40. The zero-order valence-corrected chi connectivity index (χ0v) is 13.3. The molecule has 1 N–H and O–H groups in total. The van der Waals surface area contributed by atoms with Gasteiger partial charge in [-0.15, -0.1) is 0 Å². The second kappa shape index (κ2) is 6.08. The van der Waals surface area contributed by atoms with Gasteiger partial charge in [-0.25, -0.2) is 9.97 Å². The average Bonchev–Trinajstić information content (AvgIpc) is 2.96. The van der Waals surface area contributed by atoms with Gasteiger partial charge in [0.25, 0.3) is 5.91 Å². The maximum Gasteiger partial charge on any atom is 0.257 e. The molecule has 3 rings (SSSR count). The highest BCUT2D eigenvalue weighted by Gasteiger charge is 2.09. The van der Waals surface area contributed by atoms with Gasteiger partial charge in [-0.05, 0) is 38.5 Å². The summed E-state index contributed by atoms with van der Waals surface area (Å²) >= 11 is 0. The van der Waals surface area contributed by atoms with E-state index in [0.29, 0.717) is 17.1 Å². The first-order chi connectivity index (χ1) is 11.0. The molecule has 0 aliphatic heterocycles. The summed E-state index contributed by atoms with van der Waals surface area (Å²) in [7, 11) is 0. The molecule has 0 aromatic carbocycles. The lowest BCUT2D eigenvalue weighted by Crippen LogP contribution is -2.13. The summed E-state index contributed by atoms with van der Waals surface area (Å²) in [6, 6.07) is 5.28. The van der Waals surface area contributed by atoms with E-state index in [0.717, 1.165) is 11.2 Å². The van der Waals surface area contributed by atoms with Crippen LogP contribution >= 0.6 is 0 Å². The molecule has 6 nitrogen and oxygen atoms in total. The molecule has 0 bridgehead atoms. The van der Waals surface area contributed by atoms with Gasteiger partial charge >= 0.3 is 0 Å². The van der Waals surface area contributed by atoms with Crippen LogP contribution in [0.2, 0.25) is 0 Å². The van der Waals surface area contributed by atoms with Crippen molar-refractivity contribution < 1.29 is 9.53 Å². The van der Waals surface area contributed by atoms with Crippen LogP contribution in [0.4, 0.5) is 5.69 Å². The van der Waals surface area contributed by atoms with Crippen LogP contribution in [0.15, 0.2) is 43.0 Å². The van der Waals surface area contributed by atoms with E-state index in [1.807, 2.05) is 43.6 Å². The van der Waals surface area contributed by atoms with E-state index in [2.05, 4.69) is 15.3 Å². The molecule has 0 unspecified atom stereocenters. The zero-order chi connectivity index (χ0) is 16.4. The lowest BCUT2D eigenvalue weighted by Gasteiger charge is -2.10. The summed E-state index contributed by atoms with van der Waals surface area (Å²) in [4.78, 5) is 20.7. The fraction of sp³-hybridized carbons (Fsp3) is 0.235. The molecule has 0 radical (unpaired) electrons. The molecule has 0 fully saturated rings. The Labute approximate surface area is 134 Å². The number of amides is 1. The molecular formula is C17H18N4O2. The molecule has 0 saturated carbocycles. The number of fused-ring (bicyclic) bond motifs is 1. The number of nitrogens with one attached hydrogen (secondary N) is 1. The number of nitrogens with zero attached hydrogens (tertiary/aromatic N) is 3. The van der Waals surface area contributed by atoms with E-state index < -0.39 is 0 Å². The predicted molar refractivity (Wildman–Crippen MR) is 87.9 cm³/mol. The normalized spacial score (nSPS) is 11.0. The number of aromatic nitrogens is 3. The predicted octanol–water partition coefficient (Wildman–Crippen LogP) is 3.08. The lowest BCUT2D eigenvalue weighted by atomic mass is 10.2. The number of aryl methyl sites for hydroxylation is 1. The summed E-state index contributed by atoms with van der Waals surface area (Å²) in [5, 5.41) is 2.87. The van der Waals surface area contributed by atoms with E-state index in [-0.39, 0.29) is 12.0 Å². The van der Waals surface area contributed by atoms with Crippen molar-refractivity contribution in [1.29, 1.82) is 0 Å². The first-order valence-electron chi connectivity index (χ1n) is 7.40. The van der Waals surface area contributed by atoms with Crippen molar-refractivity contribution >= 4 is 17.2 Å². The number of ether oxygens (including phenoxy) is 1. The van der Waals surface area contributed by atoms with Gasteiger partial charge in [0.2, 0.25) is 5.88 Å². The van der Waals surface area contributed by atoms with Crippen LogP contribution in [-0.2, 0) is 0 Å².